The van der Waals surface area contributed by atoms with Crippen molar-refractivity contribution in [1.82, 2.24) is 4.98 Å². The lowest BCUT2D eigenvalue weighted by Crippen LogP contribution is -2.09. The van der Waals surface area contributed by atoms with Crippen molar-refractivity contribution in [3.8, 4) is 6.07 Å². The molecule has 0 saturated heterocycles. The van der Waals surface area contributed by atoms with Gasteiger partial charge in [-0.2, -0.15) is 5.26 Å². The van der Waals surface area contributed by atoms with Gasteiger partial charge in [-0.3, -0.25) is 10.1 Å². The molecule has 0 amide bonds. The molecule has 0 atom stereocenters. The average molecular weight is 243 g/mol. The molecule has 0 bridgehead atoms. The van der Waals surface area contributed by atoms with Gasteiger partial charge in [-0.05, 0) is 0 Å². The summed E-state index contributed by atoms with van der Waals surface area (Å²) >= 11 is 0. The van der Waals surface area contributed by atoms with Gasteiger partial charge in [-0.15, -0.1) is 0 Å². The molecular weight excluding hydrogens is 240 g/mol. The molecule has 0 aliphatic carbocycles. The van der Waals surface area contributed by atoms with E-state index in [-0.39, 0.29) is 0 Å². The molecule has 0 unspecified atom stereocenters. The van der Waals surface area contributed by atoms with Crippen molar-refractivity contribution in [2.45, 2.75) is 6.43 Å². The highest BCUT2D eigenvalue weighted by molar-refractivity contribution is 5.90. The van der Waals surface area contributed by atoms with Gasteiger partial charge in [-0.25, -0.2) is 18.6 Å². The Balaban J connectivity index is 3.69. The molecular formula is C8H3F2N3O4. The first-order chi connectivity index (χ1) is 7.90. The minimum atomic E-state index is -3.22. The van der Waals surface area contributed by atoms with Crippen LogP contribution in [0.4, 0.5) is 14.5 Å². The molecule has 0 fully saturated rings. The summed E-state index contributed by atoms with van der Waals surface area (Å²) in [6.07, 6.45) is -2.84. The summed E-state index contributed by atoms with van der Waals surface area (Å²) in [4.78, 5) is 23.1. The van der Waals surface area contributed by atoms with Crippen molar-refractivity contribution in [3.05, 3.63) is 33.1 Å². The summed E-state index contributed by atoms with van der Waals surface area (Å²) in [5.74, 6) is -1.70. The third-order valence-electron chi connectivity index (χ3n) is 1.81. The number of nitrogens with zero attached hydrogens (tertiary/aromatic N) is 3. The molecule has 1 aromatic rings. The van der Waals surface area contributed by atoms with Gasteiger partial charge >= 0.3 is 5.97 Å². The lowest BCUT2D eigenvalue weighted by atomic mass is 10.1. The van der Waals surface area contributed by atoms with Crippen LogP contribution in [0.1, 0.15) is 28.0 Å². The predicted octanol–water partition coefficient (Wildman–Crippen LogP) is 1.50. The molecule has 1 rings (SSSR count). The predicted molar refractivity (Wildman–Crippen MR) is 47.5 cm³/mol. The molecule has 0 aromatic carbocycles. The van der Waals surface area contributed by atoms with Crippen LogP contribution in [0, 0.1) is 21.4 Å². The number of carbonyl (C=O) groups is 1. The van der Waals surface area contributed by atoms with Crippen LogP contribution in [0.3, 0.4) is 0 Å². The maximum Gasteiger partial charge on any atom is 0.356 e. The van der Waals surface area contributed by atoms with Crippen LogP contribution in [0.5, 0.6) is 0 Å². The van der Waals surface area contributed by atoms with Gasteiger partial charge in [0.15, 0.2) is 11.3 Å². The van der Waals surface area contributed by atoms with Crippen LogP contribution in [-0.4, -0.2) is 21.0 Å². The van der Waals surface area contributed by atoms with Gasteiger partial charge in [0.25, 0.3) is 12.1 Å². The molecule has 1 heterocycles. The zero-order valence-electron chi connectivity index (χ0n) is 7.92. The molecule has 7 nitrogen and oxygen atoms in total. The van der Waals surface area contributed by atoms with Gasteiger partial charge in [0.2, 0.25) is 0 Å². The van der Waals surface area contributed by atoms with E-state index in [4.69, 9.17) is 10.4 Å². The van der Waals surface area contributed by atoms with E-state index in [1.54, 1.807) is 0 Å². The second-order valence-corrected chi connectivity index (χ2v) is 2.76. The summed E-state index contributed by atoms with van der Waals surface area (Å²) in [5.41, 5.74) is -4.23. The van der Waals surface area contributed by atoms with Gasteiger partial charge in [-0.1, -0.05) is 0 Å². The van der Waals surface area contributed by atoms with Crippen molar-refractivity contribution in [2.24, 2.45) is 0 Å². The lowest BCUT2D eigenvalue weighted by Gasteiger charge is -2.04. The fraction of sp³-hybridized carbons (Fsp3) is 0.125. The van der Waals surface area contributed by atoms with Crippen molar-refractivity contribution in [2.75, 3.05) is 0 Å². The number of nitriles is 1. The maximum absolute atomic E-state index is 12.4. The number of aromatic nitrogens is 1. The van der Waals surface area contributed by atoms with E-state index < -0.39 is 39.8 Å². The van der Waals surface area contributed by atoms with E-state index in [2.05, 4.69) is 4.98 Å². The van der Waals surface area contributed by atoms with Crippen LogP contribution in [0.2, 0.25) is 0 Å². The van der Waals surface area contributed by atoms with Crippen molar-refractivity contribution >= 4 is 11.7 Å². The fourth-order valence-corrected chi connectivity index (χ4v) is 1.14. The molecule has 0 aliphatic heterocycles. The second kappa shape index (κ2) is 4.48. The summed E-state index contributed by atoms with van der Waals surface area (Å²) in [6, 6.07) is 1.20. The molecule has 1 N–H and O–H groups in total. The van der Waals surface area contributed by atoms with E-state index in [0.29, 0.717) is 6.20 Å². The quantitative estimate of drug-likeness (QED) is 0.634. The third-order valence-corrected chi connectivity index (χ3v) is 1.81. The zero-order valence-corrected chi connectivity index (χ0v) is 7.92. The van der Waals surface area contributed by atoms with Crippen LogP contribution >= 0.6 is 0 Å². The minimum absolute atomic E-state index is 0.382. The number of hydrogen-bond donors (Lipinski definition) is 1. The normalized spacial score (nSPS) is 10.0. The van der Waals surface area contributed by atoms with E-state index >= 15 is 0 Å². The van der Waals surface area contributed by atoms with Gasteiger partial charge in [0.1, 0.15) is 11.6 Å². The lowest BCUT2D eigenvalue weighted by molar-refractivity contribution is -0.386. The molecule has 0 saturated carbocycles. The van der Waals surface area contributed by atoms with Crippen LogP contribution in [0.25, 0.3) is 0 Å². The summed E-state index contributed by atoms with van der Waals surface area (Å²) < 4.78 is 24.9. The average Bonchev–Trinajstić information content (AvgIpc) is 2.26. The van der Waals surface area contributed by atoms with Crippen LogP contribution < -0.4 is 0 Å². The van der Waals surface area contributed by atoms with Gasteiger partial charge < -0.3 is 5.11 Å². The minimum Gasteiger partial charge on any atom is -0.476 e. The second-order valence-electron chi connectivity index (χ2n) is 2.76. The number of alkyl halides is 2. The number of pyridine rings is 1. The van der Waals surface area contributed by atoms with Crippen molar-refractivity contribution < 1.29 is 23.6 Å². The van der Waals surface area contributed by atoms with Crippen molar-refractivity contribution in [1.29, 1.82) is 5.26 Å². The van der Waals surface area contributed by atoms with Crippen molar-refractivity contribution in [3.63, 3.8) is 0 Å². The Morgan fingerprint density at radius 1 is 1.65 bits per heavy atom. The number of aromatic carboxylic acids is 1. The van der Waals surface area contributed by atoms with E-state index in [0.717, 1.165) is 0 Å². The van der Waals surface area contributed by atoms with Gasteiger partial charge in [0, 0.05) is 6.20 Å². The van der Waals surface area contributed by atoms with E-state index in [1.807, 2.05) is 0 Å². The Morgan fingerprint density at radius 3 is 2.59 bits per heavy atom. The monoisotopic (exact) mass is 243 g/mol. The summed E-state index contributed by atoms with van der Waals surface area (Å²) in [5, 5.41) is 27.8. The van der Waals surface area contributed by atoms with Crippen LogP contribution in [0.15, 0.2) is 6.20 Å². The Hall–Kier alpha value is -2.63. The highest BCUT2D eigenvalue weighted by atomic mass is 19.3. The maximum atomic E-state index is 12.4. The Labute approximate surface area is 92.1 Å². The Kier molecular flexibility index (Phi) is 3.28. The molecule has 9 heteroatoms. The largest absolute Gasteiger partial charge is 0.476 e. The first-order valence-corrected chi connectivity index (χ1v) is 3.99. The molecule has 17 heavy (non-hydrogen) atoms. The topological polar surface area (TPSA) is 117 Å². The molecule has 0 spiro atoms. The van der Waals surface area contributed by atoms with Gasteiger partial charge in [0.05, 0.1) is 4.92 Å². The Morgan fingerprint density at radius 2 is 2.24 bits per heavy atom. The standard InChI is InChI=1S/C8H3F2N3O4/c9-7(10)4-2-12-5(8(14)15)3(1-11)6(4)13(16)17/h2,7H,(H,14,15). The number of carboxylic acid groups (broad SMARTS) is 1. The molecule has 88 valence electrons. The number of rotatable bonds is 3. The number of hydrogen-bond acceptors (Lipinski definition) is 5. The SMILES string of the molecule is N#Cc1c(C(=O)O)ncc(C(F)F)c1[N+](=O)[O-]. The summed E-state index contributed by atoms with van der Waals surface area (Å²) in [6.45, 7) is 0. The number of halogens is 2. The first kappa shape index (κ1) is 12.4. The molecule has 0 aliphatic rings. The first-order valence-electron chi connectivity index (χ1n) is 3.99. The Bertz CT molecular complexity index is 538. The van der Waals surface area contributed by atoms with Crippen LogP contribution in [-0.2, 0) is 0 Å². The van der Waals surface area contributed by atoms with E-state index in [1.165, 1.54) is 6.07 Å². The highest BCUT2D eigenvalue weighted by Gasteiger charge is 2.31. The molecule has 1 aromatic heterocycles. The number of carboxylic acids is 1. The third kappa shape index (κ3) is 2.15. The molecule has 0 radical (unpaired) electrons. The van der Waals surface area contributed by atoms with E-state index in [9.17, 15) is 23.7 Å². The summed E-state index contributed by atoms with van der Waals surface area (Å²) in [7, 11) is 0. The number of nitro groups is 1. The fourth-order valence-electron chi connectivity index (χ4n) is 1.14. The highest BCUT2D eigenvalue weighted by Crippen LogP contribution is 2.32. The zero-order chi connectivity index (χ0) is 13.2. The smallest absolute Gasteiger partial charge is 0.356 e.